The molecule has 2 aromatic rings. The summed E-state index contributed by atoms with van der Waals surface area (Å²) in [5.74, 6) is -2.36. The van der Waals surface area contributed by atoms with E-state index in [2.05, 4.69) is 26.9 Å². The third-order valence-corrected chi connectivity index (χ3v) is 11.0. The molecule has 0 unspecified atom stereocenters. The molecule has 3 fully saturated rings. The number of benzene rings is 1. The largest absolute Gasteiger partial charge is 0.472 e. The average molecular weight is 718 g/mol. The fourth-order valence-corrected chi connectivity index (χ4v) is 7.60. The zero-order chi connectivity index (χ0) is 36.1. The van der Waals surface area contributed by atoms with E-state index in [0.717, 1.165) is 0 Å². The molecule has 266 valence electrons. The second-order valence-electron chi connectivity index (χ2n) is 15.1. The number of aromatic nitrogens is 1. The molecule has 1 saturated heterocycles. The Balaban J connectivity index is 1.44. The standard InChI is InChI=1S/C34H44ClN5O8S/c1-8-19-16-34(19,30(43)39-49(45,46)21-13-14-21)38-27(41)25-15-20(47-28-23-12-10-9-11-22(23)24(35)17-36-28)18-40(25)29(42)26(32(2,3)4)37-31(44)48-33(5,6)7/h8-12,17,19-21,25-26H,1,13-16,18H2,2-7H3,(H,37,44)(H,38,41)(H,39,43)/t19-,20-,25+,26-,34-/m1/s1. The molecule has 2 saturated carbocycles. The maximum atomic E-state index is 14.4. The van der Waals surface area contributed by atoms with Crippen LogP contribution in [0.2, 0.25) is 5.02 Å². The fraction of sp³-hybridized carbons (Fsp3) is 0.559. The number of nitrogens with zero attached hydrogens (tertiary/aromatic N) is 2. The third-order valence-electron chi connectivity index (χ3n) is 8.86. The molecule has 3 N–H and O–H groups in total. The molecular weight excluding hydrogens is 674 g/mol. The number of hydrogen-bond acceptors (Lipinski definition) is 9. The molecule has 15 heteroatoms. The molecule has 5 rings (SSSR count). The van der Waals surface area contributed by atoms with E-state index < -0.39 is 79.7 Å². The molecule has 5 atom stereocenters. The number of hydrogen-bond donors (Lipinski definition) is 3. The smallest absolute Gasteiger partial charge is 0.408 e. The number of halogens is 1. The Bertz CT molecular complexity index is 1780. The monoisotopic (exact) mass is 717 g/mol. The van der Waals surface area contributed by atoms with Gasteiger partial charge in [0.25, 0.3) is 5.91 Å². The van der Waals surface area contributed by atoms with Gasteiger partial charge in [0.2, 0.25) is 27.7 Å². The van der Waals surface area contributed by atoms with E-state index in [9.17, 15) is 27.6 Å². The van der Waals surface area contributed by atoms with Crippen molar-refractivity contribution in [3.8, 4) is 5.88 Å². The lowest BCUT2D eigenvalue weighted by Gasteiger charge is -2.36. The van der Waals surface area contributed by atoms with E-state index in [1.807, 2.05) is 18.2 Å². The second kappa shape index (κ2) is 13.1. The van der Waals surface area contributed by atoms with Crippen molar-refractivity contribution >= 4 is 56.2 Å². The first-order valence-electron chi connectivity index (χ1n) is 16.3. The van der Waals surface area contributed by atoms with Gasteiger partial charge >= 0.3 is 6.09 Å². The molecule has 1 aliphatic heterocycles. The summed E-state index contributed by atoms with van der Waals surface area (Å²) in [5, 5.41) is 6.59. The van der Waals surface area contributed by atoms with E-state index in [1.165, 1.54) is 17.2 Å². The number of amides is 4. The van der Waals surface area contributed by atoms with Crippen LogP contribution in [0, 0.1) is 11.3 Å². The van der Waals surface area contributed by atoms with Gasteiger partial charge in [-0.2, -0.15) is 0 Å². The third kappa shape index (κ3) is 7.95. The van der Waals surface area contributed by atoms with Gasteiger partial charge in [-0.25, -0.2) is 18.2 Å². The number of likely N-dealkylation sites (tertiary alicyclic amines) is 1. The van der Waals surface area contributed by atoms with Crippen LogP contribution < -0.4 is 20.1 Å². The average Bonchev–Trinajstić information content (AvgIpc) is 3.92. The lowest BCUT2D eigenvalue weighted by atomic mass is 9.85. The van der Waals surface area contributed by atoms with E-state index in [4.69, 9.17) is 21.1 Å². The number of fused-ring (bicyclic) bond motifs is 1. The minimum absolute atomic E-state index is 0.0103. The summed E-state index contributed by atoms with van der Waals surface area (Å²) in [6.45, 7) is 14.1. The zero-order valence-corrected chi connectivity index (χ0v) is 30.1. The van der Waals surface area contributed by atoms with Crippen molar-refractivity contribution in [1.82, 2.24) is 25.2 Å². The van der Waals surface area contributed by atoms with Crippen molar-refractivity contribution in [1.29, 1.82) is 0 Å². The van der Waals surface area contributed by atoms with Crippen molar-refractivity contribution < 1.29 is 37.1 Å². The van der Waals surface area contributed by atoms with Gasteiger partial charge in [-0.1, -0.05) is 56.6 Å². The molecule has 13 nitrogen and oxygen atoms in total. The predicted octanol–water partition coefficient (Wildman–Crippen LogP) is 3.85. The molecule has 0 bridgehead atoms. The Morgan fingerprint density at radius 1 is 1.10 bits per heavy atom. The highest BCUT2D eigenvalue weighted by atomic mass is 35.5. The molecule has 2 heterocycles. The van der Waals surface area contributed by atoms with Crippen LogP contribution in [0.1, 0.15) is 67.2 Å². The van der Waals surface area contributed by atoms with Crippen LogP contribution in [-0.4, -0.2) is 83.2 Å². The summed E-state index contributed by atoms with van der Waals surface area (Å²) >= 11 is 6.37. The molecule has 0 radical (unpaired) electrons. The van der Waals surface area contributed by atoms with Crippen LogP contribution in [0.5, 0.6) is 5.88 Å². The Morgan fingerprint density at radius 2 is 1.76 bits per heavy atom. The van der Waals surface area contributed by atoms with Crippen LogP contribution in [0.4, 0.5) is 4.79 Å². The Labute approximate surface area is 291 Å². The van der Waals surface area contributed by atoms with Gasteiger partial charge in [0.15, 0.2) is 0 Å². The number of ether oxygens (including phenoxy) is 2. The van der Waals surface area contributed by atoms with Gasteiger partial charge in [0, 0.05) is 23.1 Å². The molecule has 1 aromatic carbocycles. The first kappa shape index (κ1) is 36.4. The molecule has 1 aromatic heterocycles. The van der Waals surface area contributed by atoms with Gasteiger partial charge in [-0.3, -0.25) is 19.1 Å². The van der Waals surface area contributed by atoms with Crippen molar-refractivity contribution in [3.05, 3.63) is 48.1 Å². The number of carbonyl (C=O) groups excluding carboxylic acids is 4. The summed E-state index contributed by atoms with van der Waals surface area (Å²) in [7, 11) is -3.89. The van der Waals surface area contributed by atoms with Crippen LogP contribution in [0.15, 0.2) is 43.1 Å². The topological polar surface area (TPSA) is 173 Å². The fourth-order valence-electron chi connectivity index (χ4n) is 6.02. The number of nitrogens with one attached hydrogen (secondary N) is 3. The highest BCUT2D eigenvalue weighted by molar-refractivity contribution is 7.91. The normalized spacial score (nSPS) is 24.5. The Hall–Kier alpha value is -3.91. The van der Waals surface area contributed by atoms with Gasteiger partial charge < -0.3 is 25.0 Å². The molecule has 2 aliphatic carbocycles. The summed E-state index contributed by atoms with van der Waals surface area (Å²) in [6.07, 6.45) is 2.48. The van der Waals surface area contributed by atoms with Crippen LogP contribution >= 0.6 is 11.6 Å². The minimum Gasteiger partial charge on any atom is -0.472 e. The van der Waals surface area contributed by atoms with E-state index in [0.29, 0.717) is 28.6 Å². The summed E-state index contributed by atoms with van der Waals surface area (Å²) in [4.78, 5) is 60.5. The van der Waals surface area contributed by atoms with Gasteiger partial charge in [-0.05, 0) is 51.5 Å². The van der Waals surface area contributed by atoms with Crippen LogP contribution in [-0.2, 0) is 29.1 Å². The molecule has 0 spiro atoms. The van der Waals surface area contributed by atoms with Crippen molar-refractivity contribution in [2.24, 2.45) is 11.3 Å². The first-order chi connectivity index (χ1) is 22.8. The van der Waals surface area contributed by atoms with E-state index in [1.54, 1.807) is 47.6 Å². The Morgan fingerprint density at radius 3 is 2.33 bits per heavy atom. The van der Waals surface area contributed by atoms with Crippen molar-refractivity contribution in [2.45, 2.75) is 102 Å². The number of alkyl carbamates (subject to hydrolysis) is 1. The lowest BCUT2D eigenvalue weighted by Crippen LogP contribution is -2.60. The van der Waals surface area contributed by atoms with Gasteiger partial charge in [-0.15, -0.1) is 6.58 Å². The number of carbonyl (C=O) groups is 4. The zero-order valence-electron chi connectivity index (χ0n) is 28.5. The summed E-state index contributed by atoms with van der Waals surface area (Å²) in [5.41, 5.74) is -3.20. The van der Waals surface area contributed by atoms with Crippen molar-refractivity contribution in [3.63, 3.8) is 0 Å². The number of rotatable bonds is 10. The van der Waals surface area contributed by atoms with Crippen LogP contribution in [0.3, 0.4) is 0 Å². The van der Waals surface area contributed by atoms with E-state index >= 15 is 0 Å². The van der Waals surface area contributed by atoms with Crippen molar-refractivity contribution in [2.75, 3.05) is 6.54 Å². The summed E-state index contributed by atoms with van der Waals surface area (Å²) < 4.78 is 39.2. The minimum atomic E-state index is -3.89. The predicted molar refractivity (Wildman–Crippen MR) is 183 cm³/mol. The number of sulfonamides is 1. The number of pyridine rings is 1. The quantitative estimate of drug-likeness (QED) is 0.309. The first-order valence-corrected chi connectivity index (χ1v) is 18.2. The van der Waals surface area contributed by atoms with Gasteiger partial charge in [0.05, 0.1) is 23.0 Å². The van der Waals surface area contributed by atoms with Crippen LogP contribution in [0.25, 0.3) is 10.8 Å². The SMILES string of the molecule is C=C[C@@H]1C[C@]1(NC(=O)[C@@H]1C[C@@H](Oc2ncc(Cl)c3ccccc23)CN1C(=O)[C@@H](NC(=O)OC(C)(C)C)C(C)(C)C)C(=O)NS(=O)(=O)C1CC1. The highest BCUT2D eigenvalue weighted by Gasteiger charge is 2.62. The summed E-state index contributed by atoms with van der Waals surface area (Å²) in [6, 6.07) is 4.99. The molecular formula is C34H44ClN5O8S. The maximum absolute atomic E-state index is 14.4. The maximum Gasteiger partial charge on any atom is 0.408 e. The lowest BCUT2D eigenvalue weighted by molar-refractivity contribution is -0.143. The second-order valence-corrected chi connectivity index (χ2v) is 17.4. The van der Waals surface area contributed by atoms with Gasteiger partial charge in [0.1, 0.15) is 29.3 Å². The van der Waals surface area contributed by atoms with E-state index in [-0.39, 0.29) is 25.3 Å². The molecule has 3 aliphatic rings. The molecule has 4 amide bonds. The molecule has 49 heavy (non-hydrogen) atoms. The highest BCUT2D eigenvalue weighted by Crippen LogP contribution is 2.45. The Kier molecular flexibility index (Phi) is 9.71.